The summed E-state index contributed by atoms with van der Waals surface area (Å²) in [6, 6.07) is 11.8. The highest BCUT2D eigenvalue weighted by Crippen LogP contribution is 2.13. The van der Waals surface area contributed by atoms with Gasteiger partial charge in [-0.15, -0.1) is 0 Å². The lowest BCUT2D eigenvalue weighted by Crippen LogP contribution is -1.86. The molecule has 1 aliphatic rings. The highest BCUT2D eigenvalue weighted by Gasteiger charge is 2.06. The van der Waals surface area contributed by atoms with Crippen LogP contribution in [0, 0.1) is 0 Å². The molecule has 8 rings (SSSR count). The van der Waals surface area contributed by atoms with Gasteiger partial charge in [-0.05, 0) is 43.2 Å². The van der Waals surface area contributed by atoms with Crippen LogP contribution < -0.4 is 0 Å². The molecule has 0 saturated carbocycles. The molecule has 174 valence electrons. The van der Waals surface area contributed by atoms with E-state index < -0.39 is 0 Å². The van der Waals surface area contributed by atoms with Crippen LogP contribution >= 0.6 is 0 Å². The van der Waals surface area contributed by atoms with Crippen molar-refractivity contribution >= 4 is 16.9 Å². The van der Waals surface area contributed by atoms with E-state index in [0.717, 1.165) is 16.9 Å². The van der Waals surface area contributed by atoms with Gasteiger partial charge in [0, 0.05) is 80.3 Å². The average molecular weight is 465 g/mol. The second-order valence-electron chi connectivity index (χ2n) is 7.57. The van der Waals surface area contributed by atoms with Crippen LogP contribution in [0.5, 0.6) is 0 Å². The summed E-state index contributed by atoms with van der Waals surface area (Å²) in [6.07, 6.45) is 24.3. The first-order chi connectivity index (χ1) is 17.4. The summed E-state index contributed by atoms with van der Waals surface area (Å²) in [5.74, 6) is 0. The van der Waals surface area contributed by atoms with Gasteiger partial charge >= 0.3 is 0 Å². The predicted molar refractivity (Wildman–Crippen MR) is 132 cm³/mol. The van der Waals surface area contributed by atoms with Crippen LogP contribution in [0.1, 0.15) is 12.1 Å². The van der Waals surface area contributed by atoms with Crippen molar-refractivity contribution in [3.05, 3.63) is 116 Å². The minimum Gasteiger partial charge on any atom is -0.351 e. The van der Waals surface area contributed by atoms with Gasteiger partial charge in [0.1, 0.15) is 0 Å². The lowest BCUT2D eigenvalue weighted by atomic mass is 10.3. The SMILES string of the molecule is c1cc2n(c1)CCC2.c1cn2ccnc2cn1.c1cnc2ccnn2c1.c1cnn2ccnc2c1. The fourth-order valence-corrected chi connectivity index (χ4v) is 3.62. The monoisotopic (exact) mass is 464 g/mol. The Balaban J connectivity index is 0.0000000967. The normalized spacial score (nSPS) is 11.7. The summed E-state index contributed by atoms with van der Waals surface area (Å²) in [5.41, 5.74) is 4.16. The molecule has 0 amide bonds. The molecule has 0 atom stereocenters. The molecule has 35 heavy (non-hydrogen) atoms. The molecule has 10 nitrogen and oxygen atoms in total. The fourth-order valence-electron chi connectivity index (χ4n) is 3.62. The van der Waals surface area contributed by atoms with E-state index in [9.17, 15) is 0 Å². The summed E-state index contributed by atoms with van der Waals surface area (Å²) >= 11 is 0. The largest absolute Gasteiger partial charge is 0.351 e. The standard InChI is InChI=1S/C7H9N.3C6H5N3/c1-3-7-4-2-6-8(7)5-1;1-3-9-4-2-8-6(9)5-7-1;1-3-7-6-2-4-8-9(6)5-1;1-2-6-7-4-5-9(6)8-3-1/h1,3,5H,2,4,6H2;3*1-5H. The lowest BCUT2D eigenvalue weighted by Gasteiger charge is -1.90. The number of hydrogen-bond acceptors (Lipinski definition) is 6. The number of fused-ring (bicyclic) bond motifs is 4. The van der Waals surface area contributed by atoms with Crippen molar-refractivity contribution in [1.29, 1.82) is 0 Å². The van der Waals surface area contributed by atoms with Crippen LogP contribution in [-0.4, -0.2) is 48.1 Å². The Kier molecular flexibility index (Phi) is 6.80. The van der Waals surface area contributed by atoms with Crippen LogP contribution in [0.2, 0.25) is 0 Å². The first-order valence-electron chi connectivity index (χ1n) is 11.2. The van der Waals surface area contributed by atoms with Gasteiger partial charge in [-0.25, -0.2) is 24.0 Å². The first kappa shape index (κ1) is 22.0. The first-order valence-corrected chi connectivity index (χ1v) is 11.2. The molecule has 8 heterocycles. The number of rotatable bonds is 0. The Morgan fingerprint density at radius 3 is 2.29 bits per heavy atom. The third-order valence-electron chi connectivity index (χ3n) is 5.30. The molecule has 10 heteroatoms. The number of aromatic nitrogens is 10. The van der Waals surface area contributed by atoms with Gasteiger partial charge in [-0.2, -0.15) is 10.2 Å². The molecule has 0 N–H and O–H groups in total. The molecule has 0 fully saturated rings. The third kappa shape index (κ3) is 5.56. The van der Waals surface area contributed by atoms with Crippen molar-refractivity contribution in [2.45, 2.75) is 19.4 Å². The fraction of sp³-hybridized carbons (Fsp3) is 0.120. The molecule has 0 aliphatic carbocycles. The van der Waals surface area contributed by atoms with Gasteiger partial charge in [0.25, 0.3) is 0 Å². The molecule has 0 spiro atoms. The molecule has 0 radical (unpaired) electrons. The maximum Gasteiger partial charge on any atom is 0.155 e. The van der Waals surface area contributed by atoms with Gasteiger partial charge in [-0.1, -0.05) is 0 Å². The quantitative estimate of drug-likeness (QED) is 0.340. The second kappa shape index (κ2) is 10.8. The van der Waals surface area contributed by atoms with Crippen molar-refractivity contribution in [1.82, 2.24) is 48.1 Å². The summed E-state index contributed by atoms with van der Waals surface area (Å²) < 4.78 is 7.67. The smallest absolute Gasteiger partial charge is 0.155 e. The minimum absolute atomic E-state index is 0.887. The van der Waals surface area contributed by atoms with Crippen molar-refractivity contribution < 1.29 is 0 Å². The summed E-state index contributed by atoms with van der Waals surface area (Å²) in [6.45, 7) is 1.24. The van der Waals surface area contributed by atoms with Crippen LogP contribution in [0.25, 0.3) is 16.9 Å². The molecule has 0 aromatic carbocycles. The highest BCUT2D eigenvalue weighted by atomic mass is 15.2. The van der Waals surface area contributed by atoms with Crippen LogP contribution in [0.4, 0.5) is 0 Å². The van der Waals surface area contributed by atoms with Crippen molar-refractivity contribution in [3.8, 4) is 0 Å². The molecule has 1 aliphatic heterocycles. The Hall–Kier alpha value is -4.86. The average Bonchev–Trinajstić information content (AvgIpc) is 3.73. The van der Waals surface area contributed by atoms with E-state index in [1.807, 2.05) is 53.5 Å². The zero-order valence-corrected chi connectivity index (χ0v) is 19.0. The van der Waals surface area contributed by atoms with Crippen LogP contribution in [-0.2, 0) is 13.0 Å². The molecule has 0 bridgehead atoms. The molecule has 7 aromatic rings. The molecule has 0 unspecified atom stereocenters. The van der Waals surface area contributed by atoms with E-state index in [2.05, 4.69) is 53.0 Å². The van der Waals surface area contributed by atoms with Crippen LogP contribution in [0.15, 0.2) is 111 Å². The van der Waals surface area contributed by atoms with E-state index in [0.29, 0.717) is 0 Å². The van der Waals surface area contributed by atoms with Gasteiger partial charge in [0.15, 0.2) is 16.9 Å². The molecular weight excluding hydrogens is 440 g/mol. The Morgan fingerprint density at radius 2 is 1.40 bits per heavy atom. The van der Waals surface area contributed by atoms with E-state index >= 15 is 0 Å². The lowest BCUT2D eigenvalue weighted by molar-refractivity contribution is 0.750. The topological polar surface area (TPSA) is 95.5 Å². The Labute approximate surface area is 201 Å². The highest BCUT2D eigenvalue weighted by molar-refractivity contribution is 5.35. The number of imidazole rings is 2. The van der Waals surface area contributed by atoms with Crippen molar-refractivity contribution in [2.75, 3.05) is 0 Å². The van der Waals surface area contributed by atoms with Gasteiger partial charge in [0.05, 0.1) is 12.4 Å². The maximum atomic E-state index is 4.04. The summed E-state index contributed by atoms with van der Waals surface area (Å²) in [7, 11) is 0. The van der Waals surface area contributed by atoms with Crippen molar-refractivity contribution in [2.24, 2.45) is 0 Å². The zero-order valence-electron chi connectivity index (χ0n) is 19.0. The molecule has 7 aromatic heterocycles. The van der Waals surface area contributed by atoms with E-state index in [-0.39, 0.29) is 0 Å². The summed E-state index contributed by atoms with van der Waals surface area (Å²) in [5, 5.41) is 7.97. The third-order valence-corrected chi connectivity index (χ3v) is 5.30. The van der Waals surface area contributed by atoms with Gasteiger partial charge < -0.3 is 8.97 Å². The minimum atomic E-state index is 0.887. The Morgan fingerprint density at radius 1 is 0.600 bits per heavy atom. The number of aryl methyl sites for hydroxylation is 2. The Bertz CT molecular complexity index is 1340. The van der Waals surface area contributed by atoms with Crippen molar-refractivity contribution in [3.63, 3.8) is 0 Å². The number of nitrogens with zero attached hydrogens (tertiary/aromatic N) is 10. The summed E-state index contributed by atoms with van der Waals surface area (Å²) in [4.78, 5) is 16.0. The molecule has 0 saturated heterocycles. The number of hydrogen-bond donors (Lipinski definition) is 0. The zero-order chi connectivity index (χ0) is 23.7. The maximum absolute atomic E-state index is 4.04. The molecular formula is C25H24N10. The predicted octanol–water partition coefficient (Wildman–Crippen LogP) is 3.62. The van der Waals surface area contributed by atoms with Gasteiger partial charge in [0.2, 0.25) is 0 Å². The van der Waals surface area contributed by atoms with Crippen LogP contribution in [0.3, 0.4) is 0 Å². The van der Waals surface area contributed by atoms with Gasteiger partial charge in [-0.3, -0.25) is 4.98 Å². The van der Waals surface area contributed by atoms with E-state index in [1.165, 1.54) is 25.1 Å². The second-order valence-corrected chi connectivity index (χ2v) is 7.57. The van der Waals surface area contributed by atoms with E-state index in [1.54, 1.807) is 52.4 Å². The van der Waals surface area contributed by atoms with E-state index in [4.69, 9.17) is 0 Å².